The molecule has 2 N–H and O–H groups in total. The highest BCUT2D eigenvalue weighted by Crippen LogP contribution is 2.27. The van der Waals surface area contributed by atoms with E-state index < -0.39 is 34.7 Å². The van der Waals surface area contributed by atoms with E-state index in [2.05, 4.69) is 9.68 Å². The molecule has 1 aromatic rings. The fraction of sp³-hybridized carbons (Fsp3) is 0.167. The van der Waals surface area contributed by atoms with Crippen molar-refractivity contribution in [3.05, 3.63) is 10.7 Å². The Balaban J connectivity index is 2.92. The molecule has 0 unspecified atom stereocenters. The first-order chi connectivity index (χ1) is 7.23. The van der Waals surface area contributed by atoms with Gasteiger partial charge in [0.05, 0.1) is 0 Å². The molecule has 16 heavy (non-hydrogen) atoms. The molecule has 1 amide bonds. The van der Waals surface area contributed by atoms with Crippen molar-refractivity contribution < 1.29 is 32.4 Å². The summed E-state index contributed by atoms with van der Waals surface area (Å²) < 4.78 is 39.5. The average molecular weight is 259 g/mol. The highest BCUT2D eigenvalue weighted by Gasteiger charge is 2.40. The summed E-state index contributed by atoms with van der Waals surface area (Å²) in [5.41, 5.74) is -0.792. The van der Waals surface area contributed by atoms with E-state index in [9.17, 15) is 22.8 Å². The van der Waals surface area contributed by atoms with E-state index >= 15 is 0 Å². The first kappa shape index (κ1) is 12.3. The van der Waals surface area contributed by atoms with Gasteiger partial charge in [-0.2, -0.15) is 13.2 Å². The number of carboxylic acid groups (broad SMARTS) is 1. The van der Waals surface area contributed by atoms with Gasteiger partial charge in [-0.05, 0) is 0 Å². The Morgan fingerprint density at radius 1 is 1.44 bits per heavy atom. The lowest BCUT2D eigenvalue weighted by molar-refractivity contribution is -0.167. The lowest BCUT2D eigenvalue weighted by Crippen LogP contribution is -2.29. The summed E-state index contributed by atoms with van der Waals surface area (Å²) in [6.07, 6.45) is -5.14. The van der Waals surface area contributed by atoms with Crippen LogP contribution in [0.1, 0.15) is 10.5 Å². The van der Waals surface area contributed by atoms with Crippen LogP contribution in [-0.4, -0.2) is 28.3 Å². The second-order valence-electron chi connectivity index (χ2n) is 2.43. The molecule has 6 nitrogen and oxygen atoms in total. The van der Waals surface area contributed by atoms with Gasteiger partial charge in [0.15, 0.2) is 0 Å². The standard InChI is InChI=1S/C6H2ClF3N2O4/c7-1-2(4(13)14)12-16-3(1)11-5(15)6(8,9)10/h(H,11,15)(H,13,14). The largest absolute Gasteiger partial charge is 0.476 e. The molecule has 1 heterocycles. The summed E-state index contributed by atoms with van der Waals surface area (Å²) >= 11 is 5.29. The molecule has 1 rings (SSSR count). The number of hydrogen-bond acceptors (Lipinski definition) is 4. The minimum atomic E-state index is -5.14. The van der Waals surface area contributed by atoms with Crippen LogP contribution in [0.3, 0.4) is 0 Å². The zero-order valence-electron chi connectivity index (χ0n) is 7.13. The number of anilines is 1. The first-order valence-electron chi connectivity index (χ1n) is 3.50. The van der Waals surface area contributed by atoms with E-state index in [1.807, 2.05) is 0 Å². The third-order valence-corrected chi connectivity index (χ3v) is 1.67. The first-order valence-corrected chi connectivity index (χ1v) is 3.88. The molecule has 0 aromatic carbocycles. The van der Waals surface area contributed by atoms with Crippen molar-refractivity contribution in [1.82, 2.24) is 5.16 Å². The molecule has 0 aliphatic carbocycles. The Bertz CT molecular complexity index is 441. The monoisotopic (exact) mass is 258 g/mol. The van der Waals surface area contributed by atoms with Crippen LogP contribution in [0.2, 0.25) is 5.02 Å². The van der Waals surface area contributed by atoms with Crippen molar-refractivity contribution in [2.24, 2.45) is 0 Å². The maximum atomic E-state index is 11.8. The fourth-order valence-corrected chi connectivity index (χ4v) is 0.861. The van der Waals surface area contributed by atoms with Crippen molar-refractivity contribution in [2.75, 3.05) is 5.32 Å². The molecule has 0 bridgehead atoms. The topological polar surface area (TPSA) is 92.4 Å². The van der Waals surface area contributed by atoms with Gasteiger partial charge in [0.2, 0.25) is 5.69 Å². The van der Waals surface area contributed by atoms with Crippen molar-refractivity contribution in [1.29, 1.82) is 0 Å². The minimum Gasteiger partial charge on any atom is -0.476 e. The van der Waals surface area contributed by atoms with Crippen LogP contribution in [0.5, 0.6) is 0 Å². The lowest BCUT2D eigenvalue weighted by atomic mass is 10.4. The van der Waals surface area contributed by atoms with Gasteiger partial charge in [0, 0.05) is 0 Å². The number of carboxylic acids is 1. The molecular formula is C6H2ClF3N2O4. The molecule has 10 heteroatoms. The van der Waals surface area contributed by atoms with Gasteiger partial charge >= 0.3 is 18.1 Å². The minimum absolute atomic E-state index is 0.718. The van der Waals surface area contributed by atoms with Crippen molar-refractivity contribution in [3.8, 4) is 0 Å². The van der Waals surface area contributed by atoms with Gasteiger partial charge in [0.25, 0.3) is 5.88 Å². The second kappa shape index (κ2) is 4.00. The van der Waals surface area contributed by atoms with Crippen LogP contribution >= 0.6 is 11.6 Å². The number of nitrogens with one attached hydrogen (secondary N) is 1. The van der Waals surface area contributed by atoms with Gasteiger partial charge < -0.3 is 9.63 Å². The van der Waals surface area contributed by atoms with E-state index in [0.717, 1.165) is 0 Å². The van der Waals surface area contributed by atoms with Crippen LogP contribution < -0.4 is 5.32 Å². The predicted octanol–water partition coefficient (Wildman–Crippen LogP) is 1.53. The van der Waals surface area contributed by atoms with E-state index in [1.54, 1.807) is 0 Å². The smallest absolute Gasteiger partial charge is 0.471 e. The molecule has 0 saturated heterocycles. The molecule has 0 aliphatic rings. The van der Waals surface area contributed by atoms with Crippen LogP contribution in [0, 0.1) is 0 Å². The summed E-state index contributed by atoms with van der Waals surface area (Å²) in [6.45, 7) is 0. The molecule has 0 atom stereocenters. The van der Waals surface area contributed by atoms with Gasteiger partial charge in [-0.15, -0.1) is 0 Å². The van der Waals surface area contributed by atoms with Gasteiger partial charge in [-0.3, -0.25) is 10.1 Å². The molecule has 0 fully saturated rings. The van der Waals surface area contributed by atoms with Crippen LogP contribution in [-0.2, 0) is 4.79 Å². The number of aromatic carboxylic acids is 1. The zero-order chi connectivity index (χ0) is 12.5. The summed E-state index contributed by atoms with van der Waals surface area (Å²) in [5.74, 6) is -4.81. The molecule has 0 saturated carbocycles. The number of carbonyl (C=O) groups is 2. The Kier molecular flexibility index (Phi) is 3.08. The fourth-order valence-electron chi connectivity index (χ4n) is 0.664. The van der Waals surface area contributed by atoms with E-state index in [1.165, 1.54) is 5.32 Å². The van der Waals surface area contributed by atoms with E-state index in [4.69, 9.17) is 16.7 Å². The Hall–Kier alpha value is -1.77. The van der Waals surface area contributed by atoms with Crippen molar-refractivity contribution >= 4 is 29.4 Å². The second-order valence-corrected chi connectivity index (χ2v) is 2.81. The number of halogens is 4. The third kappa shape index (κ3) is 2.42. The van der Waals surface area contributed by atoms with Crippen molar-refractivity contribution in [2.45, 2.75) is 6.18 Å². The summed E-state index contributed by atoms with van der Waals surface area (Å²) in [6, 6.07) is 0. The van der Waals surface area contributed by atoms with Crippen LogP contribution in [0.15, 0.2) is 4.52 Å². The van der Waals surface area contributed by atoms with E-state index in [0.29, 0.717) is 0 Å². The highest BCUT2D eigenvalue weighted by atomic mass is 35.5. The number of amides is 1. The summed E-state index contributed by atoms with van der Waals surface area (Å²) in [7, 11) is 0. The quantitative estimate of drug-likeness (QED) is 0.839. The van der Waals surface area contributed by atoms with Gasteiger partial charge in [-0.1, -0.05) is 16.8 Å². The third-order valence-electron chi connectivity index (χ3n) is 1.32. The Morgan fingerprint density at radius 2 is 2.00 bits per heavy atom. The number of carbonyl (C=O) groups excluding carboxylic acids is 1. The predicted molar refractivity (Wildman–Crippen MR) is 43.2 cm³/mol. The van der Waals surface area contributed by atoms with Crippen molar-refractivity contribution in [3.63, 3.8) is 0 Å². The SMILES string of the molecule is O=C(O)c1noc(NC(=O)C(F)(F)F)c1Cl. The maximum Gasteiger partial charge on any atom is 0.471 e. The van der Waals surface area contributed by atoms with Gasteiger partial charge in [0.1, 0.15) is 5.02 Å². The highest BCUT2D eigenvalue weighted by molar-refractivity contribution is 6.35. The summed E-state index contributed by atoms with van der Waals surface area (Å²) in [5, 5.41) is 11.8. The summed E-state index contributed by atoms with van der Waals surface area (Å²) in [4.78, 5) is 20.8. The normalized spacial score (nSPS) is 11.2. The average Bonchev–Trinajstić information content (AvgIpc) is 2.46. The molecule has 88 valence electrons. The van der Waals surface area contributed by atoms with Crippen LogP contribution in [0.25, 0.3) is 0 Å². The molecule has 1 aromatic heterocycles. The number of hydrogen-bond donors (Lipinski definition) is 2. The molecular weight excluding hydrogens is 257 g/mol. The maximum absolute atomic E-state index is 11.8. The number of alkyl halides is 3. The van der Waals surface area contributed by atoms with E-state index in [-0.39, 0.29) is 0 Å². The Labute approximate surface area is 90.0 Å². The number of rotatable bonds is 2. The van der Waals surface area contributed by atoms with Crippen LogP contribution in [0.4, 0.5) is 19.1 Å². The van der Waals surface area contributed by atoms with Gasteiger partial charge in [-0.25, -0.2) is 4.79 Å². The molecule has 0 spiro atoms. The molecule has 0 radical (unpaired) electrons. The molecule has 0 aliphatic heterocycles. The Morgan fingerprint density at radius 3 is 2.38 bits per heavy atom. The zero-order valence-corrected chi connectivity index (χ0v) is 7.89. The number of nitrogens with zero attached hydrogens (tertiary/aromatic N) is 1. The lowest BCUT2D eigenvalue weighted by Gasteiger charge is -2.04. The number of aromatic nitrogens is 1.